The van der Waals surface area contributed by atoms with Crippen molar-refractivity contribution >= 4 is 11.0 Å². The van der Waals surface area contributed by atoms with Gasteiger partial charge in [0.2, 0.25) is 0 Å². The third kappa shape index (κ3) is 1.86. The molecule has 3 rings (SSSR count). The van der Waals surface area contributed by atoms with Crippen molar-refractivity contribution in [1.82, 2.24) is 19.7 Å². The van der Waals surface area contributed by atoms with Crippen molar-refractivity contribution in [1.29, 1.82) is 0 Å². The Bertz CT molecular complexity index is 780. The van der Waals surface area contributed by atoms with Crippen LogP contribution in [0, 0.1) is 0 Å². The van der Waals surface area contributed by atoms with E-state index in [0.29, 0.717) is 18.5 Å². The Balaban J connectivity index is 2.16. The summed E-state index contributed by atoms with van der Waals surface area (Å²) in [5, 5.41) is 5.53. The normalized spacial score (nSPS) is 11.3. The van der Waals surface area contributed by atoms with Crippen molar-refractivity contribution in [2.75, 3.05) is 6.54 Å². The van der Waals surface area contributed by atoms with Crippen molar-refractivity contribution in [3.8, 4) is 11.3 Å². The standard InChI is InChI=1S/C13H15N5O/c1-18-7-15-10-6-8(2-3-11(10)18)12-9(4-5-14)13(19)17-16-12/h2-3,6-7H,4-5,14H2,1H3,(H2,16,17,19). The zero-order chi connectivity index (χ0) is 13.4. The molecule has 2 heterocycles. The summed E-state index contributed by atoms with van der Waals surface area (Å²) in [6, 6.07) is 5.94. The van der Waals surface area contributed by atoms with E-state index in [1.165, 1.54) is 0 Å². The lowest BCUT2D eigenvalue weighted by molar-refractivity contribution is 0.947. The molecule has 0 aliphatic heterocycles. The van der Waals surface area contributed by atoms with Gasteiger partial charge in [0.1, 0.15) is 0 Å². The summed E-state index contributed by atoms with van der Waals surface area (Å²) in [7, 11) is 1.95. The number of nitrogens with one attached hydrogen (secondary N) is 2. The summed E-state index contributed by atoms with van der Waals surface area (Å²) in [5.74, 6) is 0. The highest BCUT2D eigenvalue weighted by molar-refractivity contribution is 5.81. The number of benzene rings is 1. The van der Waals surface area contributed by atoms with E-state index in [0.717, 1.165) is 22.3 Å². The first-order valence-electron chi connectivity index (χ1n) is 6.11. The number of H-pyrrole nitrogens is 2. The highest BCUT2D eigenvalue weighted by atomic mass is 16.1. The fourth-order valence-electron chi connectivity index (χ4n) is 2.30. The maximum absolute atomic E-state index is 11.7. The number of aromatic nitrogens is 4. The molecule has 0 atom stereocenters. The molecule has 0 unspecified atom stereocenters. The van der Waals surface area contributed by atoms with Crippen LogP contribution in [-0.2, 0) is 13.5 Å². The maximum atomic E-state index is 11.7. The van der Waals surface area contributed by atoms with E-state index in [1.54, 1.807) is 6.33 Å². The maximum Gasteiger partial charge on any atom is 0.267 e. The van der Waals surface area contributed by atoms with Crippen molar-refractivity contribution < 1.29 is 0 Å². The van der Waals surface area contributed by atoms with Gasteiger partial charge < -0.3 is 10.3 Å². The minimum Gasteiger partial charge on any atom is -0.334 e. The molecule has 0 fully saturated rings. The smallest absolute Gasteiger partial charge is 0.267 e. The topological polar surface area (TPSA) is 92.5 Å². The Labute approximate surface area is 109 Å². The predicted molar refractivity (Wildman–Crippen MR) is 73.9 cm³/mol. The van der Waals surface area contributed by atoms with Gasteiger partial charge in [-0.25, -0.2) is 4.98 Å². The number of fused-ring (bicyclic) bond motifs is 1. The molecule has 0 aliphatic rings. The number of imidazole rings is 1. The Kier molecular flexibility index (Phi) is 2.72. The second kappa shape index (κ2) is 4.40. The highest BCUT2D eigenvalue weighted by Crippen LogP contribution is 2.23. The first kappa shape index (κ1) is 11.7. The van der Waals surface area contributed by atoms with E-state index >= 15 is 0 Å². The summed E-state index contributed by atoms with van der Waals surface area (Å²) in [5.41, 5.74) is 9.82. The molecule has 0 aliphatic carbocycles. The van der Waals surface area contributed by atoms with Gasteiger partial charge in [0, 0.05) is 18.2 Å². The molecular formula is C13H15N5O. The van der Waals surface area contributed by atoms with Crippen LogP contribution in [0.1, 0.15) is 5.56 Å². The number of nitrogens with two attached hydrogens (primary N) is 1. The van der Waals surface area contributed by atoms with Gasteiger partial charge in [0.15, 0.2) is 0 Å². The van der Waals surface area contributed by atoms with E-state index in [1.807, 2.05) is 29.8 Å². The monoisotopic (exact) mass is 257 g/mol. The second-order valence-electron chi connectivity index (χ2n) is 4.53. The van der Waals surface area contributed by atoms with Crippen LogP contribution in [0.25, 0.3) is 22.3 Å². The number of hydrogen-bond acceptors (Lipinski definition) is 3. The lowest BCUT2D eigenvalue weighted by Gasteiger charge is -2.02. The third-order valence-corrected chi connectivity index (χ3v) is 3.29. The van der Waals surface area contributed by atoms with Crippen molar-refractivity contribution in [3.63, 3.8) is 0 Å². The zero-order valence-corrected chi connectivity index (χ0v) is 10.6. The van der Waals surface area contributed by atoms with Crippen molar-refractivity contribution in [2.24, 2.45) is 12.8 Å². The van der Waals surface area contributed by atoms with Gasteiger partial charge in [0.25, 0.3) is 5.56 Å². The summed E-state index contributed by atoms with van der Waals surface area (Å²) in [6.45, 7) is 0.444. The Morgan fingerprint density at radius 1 is 1.37 bits per heavy atom. The zero-order valence-electron chi connectivity index (χ0n) is 10.6. The van der Waals surface area contributed by atoms with Crippen molar-refractivity contribution in [3.05, 3.63) is 40.4 Å². The van der Waals surface area contributed by atoms with E-state index in [2.05, 4.69) is 15.2 Å². The van der Waals surface area contributed by atoms with E-state index in [9.17, 15) is 4.79 Å². The minimum atomic E-state index is -0.110. The molecule has 0 saturated carbocycles. The van der Waals surface area contributed by atoms with Gasteiger partial charge in [0.05, 0.1) is 23.1 Å². The van der Waals surface area contributed by atoms with Crippen LogP contribution in [0.15, 0.2) is 29.3 Å². The van der Waals surface area contributed by atoms with E-state index in [4.69, 9.17) is 5.73 Å². The van der Waals surface area contributed by atoms with Crippen LogP contribution in [0.3, 0.4) is 0 Å². The SMILES string of the molecule is Cn1cnc2cc(-c3[nH][nH]c(=O)c3CCN)ccc21. The third-order valence-electron chi connectivity index (χ3n) is 3.29. The molecule has 0 radical (unpaired) electrons. The summed E-state index contributed by atoms with van der Waals surface area (Å²) in [6.07, 6.45) is 2.32. The highest BCUT2D eigenvalue weighted by Gasteiger charge is 2.12. The Hall–Kier alpha value is -2.34. The fourth-order valence-corrected chi connectivity index (χ4v) is 2.30. The van der Waals surface area contributed by atoms with Gasteiger partial charge in [-0.1, -0.05) is 6.07 Å². The predicted octanol–water partition coefficient (Wildman–Crippen LogP) is 0.758. The minimum absolute atomic E-state index is 0.110. The van der Waals surface area contributed by atoms with Crippen molar-refractivity contribution in [2.45, 2.75) is 6.42 Å². The molecule has 0 bridgehead atoms. The lowest BCUT2D eigenvalue weighted by atomic mass is 10.1. The summed E-state index contributed by atoms with van der Waals surface area (Å²) >= 11 is 0. The van der Waals surface area contributed by atoms with Crippen LogP contribution >= 0.6 is 0 Å². The molecule has 19 heavy (non-hydrogen) atoms. The van der Waals surface area contributed by atoms with Crippen LogP contribution in [0.4, 0.5) is 0 Å². The average Bonchev–Trinajstić information content (AvgIpc) is 2.95. The number of nitrogens with zero attached hydrogens (tertiary/aromatic N) is 2. The van der Waals surface area contributed by atoms with Gasteiger partial charge in [-0.3, -0.25) is 15.0 Å². The van der Waals surface area contributed by atoms with Gasteiger partial charge in [-0.05, 0) is 25.1 Å². The summed E-state index contributed by atoms with van der Waals surface area (Å²) < 4.78 is 1.96. The van der Waals surface area contributed by atoms with Gasteiger partial charge in [-0.2, -0.15) is 0 Å². The van der Waals surface area contributed by atoms with Crippen LogP contribution in [0.2, 0.25) is 0 Å². The van der Waals surface area contributed by atoms with Crippen LogP contribution < -0.4 is 11.3 Å². The Morgan fingerprint density at radius 2 is 2.21 bits per heavy atom. The summed E-state index contributed by atoms with van der Waals surface area (Å²) in [4.78, 5) is 16.0. The molecule has 98 valence electrons. The quantitative estimate of drug-likeness (QED) is 0.646. The molecule has 2 aromatic heterocycles. The van der Waals surface area contributed by atoms with E-state index < -0.39 is 0 Å². The molecule has 6 nitrogen and oxygen atoms in total. The number of aryl methyl sites for hydroxylation is 1. The largest absolute Gasteiger partial charge is 0.334 e. The first-order valence-corrected chi connectivity index (χ1v) is 6.11. The number of hydrogen-bond donors (Lipinski definition) is 3. The van der Waals surface area contributed by atoms with Gasteiger partial charge in [-0.15, -0.1) is 0 Å². The first-order chi connectivity index (χ1) is 9.20. The second-order valence-corrected chi connectivity index (χ2v) is 4.53. The molecule has 3 aromatic rings. The molecule has 0 saturated heterocycles. The number of rotatable bonds is 3. The average molecular weight is 257 g/mol. The van der Waals surface area contributed by atoms with Gasteiger partial charge >= 0.3 is 0 Å². The molecule has 0 amide bonds. The van der Waals surface area contributed by atoms with E-state index in [-0.39, 0.29) is 5.56 Å². The van der Waals surface area contributed by atoms with Crippen LogP contribution in [0.5, 0.6) is 0 Å². The molecule has 4 N–H and O–H groups in total. The fraction of sp³-hybridized carbons (Fsp3) is 0.231. The Morgan fingerprint density at radius 3 is 3.00 bits per heavy atom. The van der Waals surface area contributed by atoms with Crippen LogP contribution in [-0.4, -0.2) is 26.3 Å². The molecule has 1 aromatic carbocycles. The lowest BCUT2D eigenvalue weighted by Crippen LogP contribution is -2.12. The number of aromatic amines is 2. The molecule has 0 spiro atoms. The molecule has 6 heteroatoms. The molecular weight excluding hydrogens is 242 g/mol.